The molecule has 1 unspecified atom stereocenters. The lowest BCUT2D eigenvalue weighted by atomic mass is 9.92. The number of rotatable bonds is 2. The van der Waals surface area contributed by atoms with E-state index in [2.05, 4.69) is 10.6 Å². The van der Waals surface area contributed by atoms with Gasteiger partial charge in [-0.2, -0.15) is 0 Å². The number of benzene rings is 1. The van der Waals surface area contributed by atoms with Gasteiger partial charge in [-0.1, -0.05) is 18.2 Å². The molecule has 0 bridgehead atoms. The minimum atomic E-state index is -0.878. The summed E-state index contributed by atoms with van der Waals surface area (Å²) in [6, 6.07) is 9.94. The van der Waals surface area contributed by atoms with Crippen LogP contribution in [0.1, 0.15) is 34.1 Å². The van der Waals surface area contributed by atoms with Crippen molar-refractivity contribution in [1.82, 2.24) is 10.6 Å². The fourth-order valence-electron chi connectivity index (χ4n) is 2.26. The Bertz CT molecular complexity index is 540. The van der Waals surface area contributed by atoms with E-state index in [1.807, 2.05) is 44.2 Å². The van der Waals surface area contributed by atoms with E-state index < -0.39 is 11.1 Å². The number of carbonyl (C=O) groups excluding carboxylic acids is 2. The predicted octanol–water partition coefficient (Wildman–Crippen LogP) is 2.34. The molecule has 1 aliphatic heterocycles. The summed E-state index contributed by atoms with van der Waals surface area (Å²) in [7, 11) is 0. The van der Waals surface area contributed by atoms with Crippen LogP contribution in [0.5, 0.6) is 0 Å². The third-order valence-electron chi connectivity index (χ3n) is 3.65. The maximum absolute atomic E-state index is 12.3. The van der Waals surface area contributed by atoms with Gasteiger partial charge >= 0.3 is 0 Å². The van der Waals surface area contributed by atoms with E-state index in [-0.39, 0.29) is 17.1 Å². The summed E-state index contributed by atoms with van der Waals surface area (Å²) in [5, 5.41) is 5.83. The highest BCUT2D eigenvalue weighted by Crippen LogP contribution is 2.34. The lowest BCUT2D eigenvalue weighted by Gasteiger charge is -2.40. The predicted molar refractivity (Wildman–Crippen MR) is 85.1 cm³/mol. The second-order valence-corrected chi connectivity index (χ2v) is 7.75. The zero-order chi connectivity index (χ0) is 15.7. The normalized spacial score (nSPS) is 24.5. The zero-order valence-electron chi connectivity index (χ0n) is 12.9. The molecule has 1 aliphatic rings. The van der Waals surface area contributed by atoms with Crippen molar-refractivity contribution in [3.63, 3.8) is 0 Å². The molecule has 1 fully saturated rings. The van der Waals surface area contributed by atoms with Gasteiger partial charge in [-0.15, -0.1) is 11.8 Å². The van der Waals surface area contributed by atoms with Gasteiger partial charge in [0.1, 0.15) is 5.54 Å². The summed E-state index contributed by atoms with van der Waals surface area (Å²) < 4.78 is 0. The molecule has 0 spiro atoms. The van der Waals surface area contributed by atoms with Crippen LogP contribution in [0, 0.1) is 0 Å². The highest BCUT2D eigenvalue weighted by Gasteiger charge is 2.41. The number of thioether (sulfide) groups is 1. The Morgan fingerprint density at radius 2 is 1.67 bits per heavy atom. The van der Waals surface area contributed by atoms with Crippen LogP contribution in [-0.4, -0.2) is 28.1 Å². The Kier molecular flexibility index (Phi) is 4.33. The molecule has 5 heteroatoms. The molecule has 114 valence electrons. The van der Waals surface area contributed by atoms with Crippen LogP contribution >= 0.6 is 11.8 Å². The largest absolute Gasteiger partial charge is 0.348 e. The van der Waals surface area contributed by atoms with Gasteiger partial charge in [0.05, 0.1) is 0 Å². The summed E-state index contributed by atoms with van der Waals surface area (Å²) in [4.78, 5) is 25.6. The zero-order valence-corrected chi connectivity index (χ0v) is 13.7. The molecule has 1 saturated heterocycles. The molecule has 2 amide bonds. The van der Waals surface area contributed by atoms with Crippen molar-refractivity contribution in [2.24, 2.45) is 0 Å². The second kappa shape index (κ2) is 5.72. The van der Waals surface area contributed by atoms with Crippen LogP contribution < -0.4 is 10.6 Å². The quantitative estimate of drug-likeness (QED) is 0.882. The van der Waals surface area contributed by atoms with Gasteiger partial charge in [0, 0.05) is 22.1 Å². The van der Waals surface area contributed by atoms with E-state index in [0.717, 1.165) is 4.90 Å². The molecular weight excluding hydrogens is 284 g/mol. The molecule has 21 heavy (non-hydrogen) atoms. The molecular formula is C16H22N2O2S. The molecule has 1 heterocycles. The SMILES string of the molecule is CC1(C)NC(=O)CC(Sc2ccccc2)C(C)(C)NC1=O. The summed E-state index contributed by atoms with van der Waals surface area (Å²) in [6.07, 6.45) is 0.371. The molecule has 4 nitrogen and oxygen atoms in total. The highest BCUT2D eigenvalue weighted by molar-refractivity contribution is 8.00. The minimum Gasteiger partial charge on any atom is -0.348 e. The van der Waals surface area contributed by atoms with Crippen molar-refractivity contribution < 1.29 is 9.59 Å². The first-order valence-corrected chi connectivity index (χ1v) is 7.94. The number of hydrogen-bond acceptors (Lipinski definition) is 3. The minimum absolute atomic E-state index is 0.0278. The summed E-state index contributed by atoms with van der Waals surface area (Å²) in [6.45, 7) is 7.39. The maximum Gasteiger partial charge on any atom is 0.245 e. The van der Waals surface area contributed by atoms with E-state index in [9.17, 15) is 9.59 Å². The molecule has 0 radical (unpaired) electrons. The van der Waals surface area contributed by atoms with Gasteiger partial charge in [-0.25, -0.2) is 0 Å². The van der Waals surface area contributed by atoms with Crippen molar-refractivity contribution >= 4 is 23.6 Å². The fourth-order valence-corrected chi connectivity index (χ4v) is 3.49. The Morgan fingerprint density at radius 3 is 2.29 bits per heavy atom. The third kappa shape index (κ3) is 3.79. The standard InChI is InChI=1S/C16H22N2O2S/c1-15(2)12(21-11-8-6-5-7-9-11)10-13(19)17-16(3,4)14(20)18-15/h5-9,12H,10H2,1-4H3,(H,17,19)(H,18,20). The first-order valence-electron chi connectivity index (χ1n) is 7.06. The lowest BCUT2D eigenvalue weighted by molar-refractivity contribution is -0.135. The molecule has 1 atom stereocenters. The summed E-state index contributed by atoms with van der Waals surface area (Å²) >= 11 is 1.62. The van der Waals surface area contributed by atoms with Gasteiger partial charge in [-0.05, 0) is 39.8 Å². The van der Waals surface area contributed by atoms with E-state index in [1.54, 1.807) is 25.6 Å². The summed E-state index contributed by atoms with van der Waals surface area (Å²) in [5.74, 6) is -0.240. The molecule has 1 aromatic carbocycles. The van der Waals surface area contributed by atoms with Crippen LogP contribution in [0.3, 0.4) is 0 Å². The molecule has 2 rings (SSSR count). The topological polar surface area (TPSA) is 58.2 Å². The van der Waals surface area contributed by atoms with Gasteiger partial charge in [0.15, 0.2) is 0 Å². The van der Waals surface area contributed by atoms with Crippen molar-refractivity contribution in [2.45, 2.75) is 55.3 Å². The van der Waals surface area contributed by atoms with Gasteiger partial charge in [0.25, 0.3) is 0 Å². The molecule has 0 aliphatic carbocycles. The van der Waals surface area contributed by atoms with Crippen molar-refractivity contribution in [3.8, 4) is 0 Å². The Morgan fingerprint density at radius 1 is 1.05 bits per heavy atom. The first-order chi connectivity index (χ1) is 9.71. The van der Waals surface area contributed by atoms with E-state index in [0.29, 0.717) is 6.42 Å². The second-order valence-electron chi connectivity index (χ2n) is 6.47. The number of hydrogen-bond donors (Lipinski definition) is 2. The highest BCUT2D eigenvalue weighted by atomic mass is 32.2. The average Bonchev–Trinajstić information content (AvgIpc) is 2.37. The number of nitrogens with one attached hydrogen (secondary N) is 2. The lowest BCUT2D eigenvalue weighted by Crippen LogP contribution is -2.64. The van der Waals surface area contributed by atoms with E-state index in [4.69, 9.17) is 0 Å². The van der Waals surface area contributed by atoms with Crippen molar-refractivity contribution in [2.75, 3.05) is 0 Å². The molecule has 0 saturated carbocycles. The van der Waals surface area contributed by atoms with Crippen molar-refractivity contribution in [3.05, 3.63) is 30.3 Å². The van der Waals surface area contributed by atoms with E-state index in [1.165, 1.54) is 0 Å². The molecule has 0 aromatic heterocycles. The van der Waals surface area contributed by atoms with Crippen LogP contribution in [0.15, 0.2) is 35.2 Å². The van der Waals surface area contributed by atoms with Crippen molar-refractivity contribution in [1.29, 1.82) is 0 Å². The first kappa shape index (κ1) is 15.9. The van der Waals surface area contributed by atoms with Gasteiger partial charge in [-0.3, -0.25) is 9.59 Å². The van der Waals surface area contributed by atoms with Gasteiger partial charge in [0.2, 0.25) is 11.8 Å². The number of amides is 2. The monoisotopic (exact) mass is 306 g/mol. The summed E-state index contributed by atoms with van der Waals surface area (Å²) in [5.41, 5.74) is -1.34. The van der Waals surface area contributed by atoms with Crippen LogP contribution in [0.25, 0.3) is 0 Å². The van der Waals surface area contributed by atoms with Gasteiger partial charge < -0.3 is 10.6 Å². The van der Waals surface area contributed by atoms with Crippen LogP contribution in [-0.2, 0) is 9.59 Å². The average molecular weight is 306 g/mol. The van der Waals surface area contributed by atoms with E-state index >= 15 is 0 Å². The fraction of sp³-hybridized carbons (Fsp3) is 0.500. The molecule has 1 aromatic rings. The Balaban J connectivity index is 2.24. The third-order valence-corrected chi connectivity index (χ3v) is 5.24. The number of carbonyl (C=O) groups is 2. The molecule has 2 N–H and O–H groups in total. The Labute approximate surface area is 130 Å². The Hall–Kier alpha value is -1.49. The van der Waals surface area contributed by atoms with Crippen LogP contribution in [0.2, 0.25) is 0 Å². The van der Waals surface area contributed by atoms with Crippen LogP contribution in [0.4, 0.5) is 0 Å². The smallest absolute Gasteiger partial charge is 0.245 e. The maximum atomic E-state index is 12.3.